The molecule has 0 bridgehead atoms. The van der Waals surface area contributed by atoms with E-state index in [9.17, 15) is 4.79 Å². The summed E-state index contributed by atoms with van der Waals surface area (Å²) in [7, 11) is 0. The summed E-state index contributed by atoms with van der Waals surface area (Å²) >= 11 is 0. The van der Waals surface area contributed by atoms with Gasteiger partial charge in [0, 0.05) is 31.2 Å². The van der Waals surface area contributed by atoms with Crippen LogP contribution in [-0.2, 0) is 11.2 Å². The molecule has 2 aromatic carbocycles. The van der Waals surface area contributed by atoms with Crippen molar-refractivity contribution in [3.05, 3.63) is 66.2 Å². The SMILES string of the molecule is O=C(OCCc1ccccc1)N1CCC(Nc2ccccc2)CC1. The number of para-hydroxylation sites is 1. The molecule has 126 valence electrons. The van der Waals surface area contributed by atoms with Crippen LogP contribution in [0.5, 0.6) is 0 Å². The maximum Gasteiger partial charge on any atom is 0.409 e. The normalized spacial score (nSPS) is 15.1. The molecule has 1 aliphatic rings. The summed E-state index contributed by atoms with van der Waals surface area (Å²) in [4.78, 5) is 14.0. The van der Waals surface area contributed by atoms with E-state index in [0.717, 1.165) is 38.0 Å². The average molecular weight is 324 g/mol. The van der Waals surface area contributed by atoms with E-state index in [1.54, 1.807) is 0 Å². The molecule has 1 heterocycles. The Bertz CT molecular complexity index is 623. The summed E-state index contributed by atoms with van der Waals surface area (Å²) in [5.74, 6) is 0. The number of hydrogen-bond donors (Lipinski definition) is 1. The molecule has 1 N–H and O–H groups in total. The van der Waals surface area contributed by atoms with Gasteiger partial charge in [-0.25, -0.2) is 4.79 Å². The molecule has 0 aliphatic carbocycles. The number of ether oxygens (including phenoxy) is 1. The van der Waals surface area contributed by atoms with Crippen LogP contribution in [0.1, 0.15) is 18.4 Å². The second-order valence-electron chi connectivity index (χ2n) is 6.12. The lowest BCUT2D eigenvalue weighted by Gasteiger charge is -2.32. The lowest BCUT2D eigenvalue weighted by atomic mass is 10.1. The Morgan fingerprint density at radius 1 is 1.00 bits per heavy atom. The molecule has 2 aromatic rings. The van der Waals surface area contributed by atoms with Crippen molar-refractivity contribution in [1.82, 2.24) is 4.90 Å². The second kappa shape index (κ2) is 8.39. The Balaban J connectivity index is 1.37. The smallest absolute Gasteiger partial charge is 0.409 e. The van der Waals surface area contributed by atoms with Gasteiger partial charge in [-0.15, -0.1) is 0 Å². The Kier molecular flexibility index (Phi) is 5.72. The summed E-state index contributed by atoms with van der Waals surface area (Å²) in [6, 6.07) is 20.7. The standard InChI is InChI=1S/C20H24N2O2/c23-20(24-16-13-17-7-3-1-4-8-17)22-14-11-19(12-15-22)21-18-9-5-2-6-10-18/h1-10,19,21H,11-16H2. The number of amides is 1. The van der Waals surface area contributed by atoms with Gasteiger partial charge in [0.15, 0.2) is 0 Å². The van der Waals surface area contributed by atoms with Crippen molar-refractivity contribution >= 4 is 11.8 Å². The average Bonchev–Trinajstić information content (AvgIpc) is 2.64. The zero-order valence-electron chi connectivity index (χ0n) is 13.9. The molecule has 1 fully saturated rings. The van der Waals surface area contributed by atoms with E-state index in [4.69, 9.17) is 4.74 Å². The molecule has 1 aliphatic heterocycles. The molecular weight excluding hydrogens is 300 g/mol. The highest BCUT2D eigenvalue weighted by Crippen LogP contribution is 2.17. The first-order chi connectivity index (χ1) is 11.8. The fraction of sp³-hybridized carbons (Fsp3) is 0.350. The summed E-state index contributed by atoms with van der Waals surface area (Å²) in [6.07, 6.45) is 2.47. The summed E-state index contributed by atoms with van der Waals surface area (Å²) < 4.78 is 5.41. The lowest BCUT2D eigenvalue weighted by Crippen LogP contribution is -2.42. The van der Waals surface area contributed by atoms with E-state index >= 15 is 0 Å². The van der Waals surface area contributed by atoms with E-state index in [1.165, 1.54) is 5.56 Å². The molecule has 0 radical (unpaired) electrons. The van der Waals surface area contributed by atoms with Crippen LogP contribution in [0.2, 0.25) is 0 Å². The van der Waals surface area contributed by atoms with Crippen molar-refractivity contribution in [3.63, 3.8) is 0 Å². The van der Waals surface area contributed by atoms with Crippen molar-refractivity contribution in [3.8, 4) is 0 Å². The van der Waals surface area contributed by atoms with Gasteiger partial charge in [0.25, 0.3) is 0 Å². The van der Waals surface area contributed by atoms with Crippen molar-refractivity contribution < 1.29 is 9.53 Å². The van der Waals surface area contributed by atoms with Crippen LogP contribution in [0.25, 0.3) is 0 Å². The number of piperidine rings is 1. The predicted molar refractivity (Wildman–Crippen MR) is 96.2 cm³/mol. The second-order valence-corrected chi connectivity index (χ2v) is 6.12. The minimum atomic E-state index is -0.191. The number of rotatable bonds is 5. The Morgan fingerprint density at radius 2 is 1.62 bits per heavy atom. The number of benzene rings is 2. The van der Waals surface area contributed by atoms with E-state index in [0.29, 0.717) is 12.6 Å². The van der Waals surface area contributed by atoms with Crippen molar-refractivity contribution in [2.24, 2.45) is 0 Å². The Hall–Kier alpha value is -2.49. The van der Waals surface area contributed by atoms with Gasteiger partial charge < -0.3 is 15.0 Å². The third-order valence-corrected chi connectivity index (χ3v) is 4.36. The molecule has 24 heavy (non-hydrogen) atoms. The number of nitrogens with zero attached hydrogens (tertiary/aromatic N) is 1. The molecule has 0 spiro atoms. The van der Waals surface area contributed by atoms with E-state index in [-0.39, 0.29) is 6.09 Å². The molecule has 1 saturated heterocycles. The number of anilines is 1. The minimum Gasteiger partial charge on any atom is -0.449 e. The van der Waals surface area contributed by atoms with Crippen molar-refractivity contribution in [2.45, 2.75) is 25.3 Å². The van der Waals surface area contributed by atoms with Gasteiger partial charge >= 0.3 is 6.09 Å². The van der Waals surface area contributed by atoms with Crippen LogP contribution >= 0.6 is 0 Å². The van der Waals surface area contributed by atoms with E-state index in [2.05, 4.69) is 29.6 Å². The molecule has 0 unspecified atom stereocenters. The molecule has 0 atom stereocenters. The zero-order chi connectivity index (χ0) is 16.6. The van der Waals surface area contributed by atoms with Gasteiger partial charge in [-0.1, -0.05) is 48.5 Å². The minimum absolute atomic E-state index is 0.191. The van der Waals surface area contributed by atoms with Crippen LogP contribution in [0.15, 0.2) is 60.7 Å². The van der Waals surface area contributed by atoms with Crippen LogP contribution in [0, 0.1) is 0 Å². The third-order valence-electron chi connectivity index (χ3n) is 4.36. The van der Waals surface area contributed by atoms with Gasteiger partial charge in [0.2, 0.25) is 0 Å². The topological polar surface area (TPSA) is 41.6 Å². The van der Waals surface area contributed by atoms with Crippen LogP contribution in [0.3, 0.4) is 0 Å². The molecule has 4 heteroatoms. The van der Waals surface area contributed by atoms with Crippen LogP contribution < -0.4 is 5.32 Å². The molecule has 0 saturated carbocycles. The Morgan fingerprint density at radius 3 is 2.29 bits per heavy atom. The van der Waals surface area contributed by atoms with Crippen molar-refractivity contribution in [2.75, 3.05) is 25.0 Å². The highest BCUT2D eigenvalue weighted by Gasteiger charge is 2.23. The molecule has 4 nitrogen and oxygen atoms in total. The van der Waals surface area contributed by atoms with Gasteiger partial charge in [-0.3, -0.25) is 0 Å². The molecule has 0 aromatic heterocycles. The summed E-state index contributed by atoms with van der Waals surface area (Å²) in [5, 5.41) is 3.53. The maximum absolute atomic E-state index is 12.1. The number of carbonyl (C=O) groups excluding carboxylic acids is 1. The quantitative estimate of drug-likeness (QED) is 0.905. The predicted octanol–water partition coefficient (Wildman–Crippen LogP) is 3.94. The maximum atomic E-state index is 12.1. The lowest BCUT2D eigenvalue weighted by molar-refractivity contribution is 0.0948. The molecule has 1 amide bonds. The first-order valence-electron chi connectivity index (χ1n) is 8.58. The first kappa shape index (κ1) is 16.4. The fourth-order valence-electron chi connectivity index (χ4n) is 2.97. The van der Waals surface area contributed by atoms with Gasteiger partial charge in [-0.05, 0) is 30.5 Å². The summed E-state index contributed by atoms with van der Waals surface area (Å²) in [6.45, 7) is 1.92. The van der Waals surface area contributed by atoms with Gasteiger partial charge in [0.05, 0.1) is 6.61 Å². The molecular formula is C20H24N2O2. The van der Waals surface area contributed by atoms with Crippen molar-refractivity contribution in [1.29, 1.82) is 0 Å². The van der Waals surface area contributed by atoms with E-state index < -0.39 is 0 Å². The third kappa shape index (κ3) is 4.75. The number of carbonyl (C=O) groups is 1. The number of hydrogen-bond acceptors (Lipinski definition) is 3. The van der Waals surface area contributed by atoms with Gasteiger partial charge in [0.1, 0.15) is 0 Å². The first-order valence-corrected chi connectivity index (χ1v) is 8.58. The highest BCUT2D eigenvalue weighted by atomic mass is 16.6. The monoisotopic (exact) mass is 324 g/mol. The van der Waals surface area contributed by atoms with Crippen LogP contribution in [-0.4, -0.2) is 36.7 Å². The van der Waals surface area contributed by atoms with Crippen LogP contribution in [0.4, 0.5) is 10.5 Å². The summed E-state index contributed by atoms with van der Waals surface area (Å²) in [5.41, 5.74) is 2.33. The number of nitrogens with one attached hydrogen (secondary N) is 1. The largest absolute Gasteiger partial charge is 0.449 e. The molecule has 3 rings (SSSR count). The zero-order valence-corrected chi connectivity index (χ0v) is 13.9. The van der Waals surface area contributed by atoms with Gasteiger partial charge in [-0.2, -0.15) is 0 Å². The fourth-order valence-corrected chi connectivity index (χ4v) is 2.97. The Labute approximate surface area is 143 Å². The van der Waals surface area contributed by atoms with E-state index in [1.807, 2.05) is 41.3 Å². The highest BCUT2D eigenvalue weighted by molar-refractivity contribution is 5.67. The number of likely N-dealkylation sites (tertiary alicyclic amines) is 1.